The van der Waals surface area contributed by atoms with Crippen LogP contribution in [0.2, 0.25) is 0 Å². The fourth-order valence-corrected chi connectivity index (χ4v) is 3.23. The van der Waals surface area contributed by atoms with Crippen molar-refractivity contribution in [1.82, 2.24) is 14.8 Å². The van der Waals surface area contributed by atoms with Gasteiger partial charge in [-0.3, -0.25) is 9.69 Å². The standard InChI is InChI=1S/C17H20FN3OS/c1-23-12-11-20-7-9-21(10-8-20)17(22)15-6-5-13-3-2-4-14(18)16(13)19-15/h2-6H,7-12H2,1H3. The zero-order valence-corrected chi connectivity index (χ0v) is 14.0. The Morgan fingerprint density at radius 1 is 1.22 bits per heavy atom. The van der Waals surface area contributed by atoms with Gasteiger partial charge in [-0.25, -0.2) is 9.37 Å². The highest BCUT2D eigenvalue weighted by atomic mass is 32.2. The van der Waals surface area contributed by atoms with Gasteiger partial charge < -0.3 is 4.90 Å². The van der Waals surface area contributed by atoms with E-state index < -0.39 is 0 Å². The molecule has 6 heteroatoms. The largest absolute Gasteiger partial charge is 0.335 e. The molecule has 4 nitrogen and oxygen atoms in total. The summed E-state index contributed by atoms with van der Waals surface area (Å²) in [5.41, 5.74) is 0.581. The average molecular weight is 333 g/mol. The zero-order valence-electron chi connectivity index (χ0n) is 13.2. The van der Waals surface area contributed by atoms with Crippen molar-refractivity contribution >= 4 is 28.6 Å². The molecule has 1 aromatic heterocycles. The molecule has 2 aromatic rings. The number of piperazine rings is 1. The van der Waals surface area contributed by atoms with E-state index in [1.165, 1.54) is 6.07 Å². The van der Waals surface area contributed by atoms with E-state index in [4.69, 9.17) is 0 Å². The summed E-state index contributed by atoms with van der Waals surface area (Å²) in [6.45, 7) is 4.22. The molecule has 1 amide bonds. The third-order valence-corrected chi connectivity index (χ3v) is 4.75. The maximum absolute atomic E-state index is 13.8. The molecule has 1 saturated heterocycles. The number of fused-ring (bicyclic) bond motifs is 1. The van der Waals surface area contributed by atoms with Crippen molar-refractivity contribution in [1.29, 1.82) is 0 Å². The molecule has 1 aliphatic heterocycles. The van der Waals surface area contributed by atoms with Gasteiger partial charge in [-0.2, -0.15) is 11.8 Å². The van der Waals surface area contributed by atoms with E-state index in [2.05, 4.69) is 16.1 Å². The molecule has 1 aliphatic rings. The van der Waals surface area contributed by atoms with Crippen LogP contribution in [0.4, 0.5) is 4.39 Å². The van der Waals surface area contributed by atoms with Crippen molar-refractivity contribution in [3.63, 3.8) is 0 Å². The number of hydrogen-bond acceptors (Lipinski definition) is 4. The van der Waals surface area contributed by atoms with Crippen LogP contribution in [0.1, 0.15) is 10.5 Å². The number of pyridine rings is 1. The molecule has 2 heterocycles. The number of hydrogen-bond donors (Lipinski definition) is 0. The molecule has 0 N–H and O–H groups in total. The first-order valence-electron chi connectivity index (χ1n) is 7.75. The quantitative estimate of drug-likeness (QED) is 0.861. The first kappa shape index (κ1) is 16.2. The van der Waals surface area contributed by atoms with Crippen LogP contribution in [0, 0.1) is 5.82 Å². The summed E-state index contributed by atoms with van der Waals surface area (Å²) in [5.74, 6) is 0.609. The fourth-order valence-electron chi connectivity index (χ4n) is 2.79. The molecule has 0 spiro atoms. The second-order valence-electron chi connectivity index (χ2n) is 5.63. The van der Waals surface area contributed by atoms with E-state index in [-0.39, 0.29) is 17.2 Å². The van der Waals surface area contributed by atoms with Gasteiger partial charge in [0.2, 0.25) is 0 Å². The van der Waals surface area contributed by atoms with Gasteiger partial charge in [0.15, 0.2) is 0 Å². The van der Waals surface area contributed by atoms with E-state index in [1.807, 2.05) is 16.7 Å². The maximum Gasteiger partial charge on any atom is 0.272 e. The van der Waals surface area contributed by atoms with Crippen LogP contribution in [0.15, 0.2) is 30.3 Å². The van der Waals surface area contributed by atoms with Crippen LogP contribution in [-0.2, 0) is 0 Å². The van der Waals surface area contributed by atoms with Crippen LogP contribution in [-0.4, -0.2) is 65.4 Å². The second kappa shape index (κ2) is 7.27. The first-order chi connectivity index (χ1) is 11.2. The van der Waals surface area contributed by atoms with Gasteiger partial charge >= 0.3 is 0 Å². The van der Waals surface area contributed by atoms with Crippen molar-refractivity contribution in [2.45, 2.75) is 0 Å². The fraction of sp³-hybridized carbons (Fsp3) is 0.412. The number of rotatable bonds is 4. The summed E-state index contributed by atoms with van der Waals surface area (Å²) in [4.78, 5) is 21.0. The van der Waals surface area contributed by atoms with Crippen molar-refractivity contribution in [3.8, 4) is 0 Å². The number of carbonyl (C=O) groups excluding carboxylic acids is 1. The first-order valence-corrected chi connectivity index (χ1v) is 9.14. The summed E-state index contributed by atoms with van der Waals surface area (Å²) in [7, 11) is 0. The Bertz CT molecular complexity index is 701. The predicted molar refractivity (Wildman–Crippen MR) is 92.4 cm³/mol. The summed E-state index contributed by atoms with van der Waals surface area (Å²) >= 11 is 1.83. The number of para-hydroxylation sites is 1. The van der Waals surface area contributed by atoms with Gasteiger partial charge in [0, 0.05) is 43.9 Å². The van der Waals surface area contributed by atoms with Gasteiger partial charge in [0.05, 0.1) is 0 Å². The molecule has 0 aliphatic carbocycles. The van der Waals surface area contributed by atoms with Crippen LogP contribution in [0.5, 0.6) is 0 Å². The number of amides is 1. The minimum atomic E-state index is -0.390. The molecular formula is C17H20FN3OS. The number of thioether (sulfide) groups is 1. The van der Waals surface area contributed by atoms with E-state index in [1.54, 1.807) is 24.3 Å². The molecule has 0 radical (unpaired) electrons. The molecule has 3 rings (SSSR count). The Morgan fingerprint density at radius 3 is 2.74 bits per heavy atom. The normalized spacial score (nSPS) is 16.0. The second-order valence-corrected chi connectivity index (χ2v) is 6.62. The Kier molecular flexibility index (Phi) is 5.13. The van der Waals surface area contributed by atoms with Crippen molar-refractivity contribution in [2.24, 2.45) is 0 Å². The number of halogens is 1. The number of benzene rings is 1. The molecule has 0 saturated carbocycles. The summed E-state index contributed by atoms with van der Waals surface area (Å²) in [6.07, 6.45) is 2.10. The average Bonchev–Trinajstić information content (AvgIpc) is 2.60. The summed E-state index contributed by atoms with van der Waals surface area (Å²) in [6, 6.07) is 8.25. The number of nitrogens with zero attached hydrogens (tertiary/aromatic N) is 3. The van der Waals surface area contributed by atoms with Gasteiger partial charge in [0.25, 0.3) is 5.91 Å². The minimum absolute atomic E-state index is 0.111. The number of aromatic nitrogens is 1. The smallest absolute Gasteiger partial charge is 0.272 e. The van der Waals surface area contributed by atoms with Gasteiger partial charge in [0.1, 0.15) is 17.0 Å². The number of carbonyl (C=O) groups is 1. The third-order valence-electron chi connectivity index (χ3n) is 4.16. The summed E-state index contributed by atoms with van der Waals surface area (Å²) < 4.78 is 13.8. The van der Waals surface area contributed by atoms with Crippen molar-refractivity contribution in [2.75, 3.05) is 44.7 Å². The van der Waals surface area contributed by atoms with E-state index in [0.717, 1.165) is 25.4 Å². The molecule has 122 valence electrons. The Hall–Kier alpha value is -1.66. The molecule has 0 unspecified atom stereocenters. The monoisotopic (exact) mass is 333 g/mol. The summed E-state index contributed by atoms with van der Waals surface area (Å²) in [5, 5.41) is 0.712. The van der Waals surface area contributed by atoms with Crippen LogP contribution in [0.25, 0.3) is 10.9 Å². The highest BCUT2D eigenvalue weighted by Gasteiger charge is 2.23. The maximum atomic E-state index is 13.8. The lowest BCUT2D eigenvalue weighted by Gasteiger charge is -2.34. The minimum Gasteiger partial charge on any atom is -0.335 e. The molecular weight excluding hydrogens is 313 g/mol. The molecule has 23 heavy (non-hydrogen) atoms. The Balaban J connectivity index is 1.70. The van der Waals surface area contributed by atoms with Gasteiger partial charge in [-0.05, 0) is 18.4 Å². The van der Waals surface area contributed by atoms with Crippen LogP contribution < -0.4 is 0 Å². The topological polar surface area (TPSA) is 36.4 Å². The molecule has 1 fully saturated rings. The van der Waals surface area contributed by atoms with Crippen LogP contribution in [0.3, 0.4) is 0 Å². The van der Waals surface area contributed by atoms with Crippen molar-refractivity contribution in [3.05, 3.63) is 41.8 Å². The third kappa shape index (κ3) is 3.64. The molecule has 0 atom stereocenters. The molecule has 0 bridgehead atoms. The van der Waals surface area contributed by atoms with Crippen LogP contribution >= 0.6 is 11.8 Å². The van der Waals surface area contributed by atoms with Crippen molar-refractivity contribution < 1.29 is 9.18 Å². The highest BCUT2D eigenvalue weighted by Crippen LogP contribution is 2.17. The Morgan fingerprint density at radius 2 is 2.00 bits per heavy atom. The lowest BCUT2D eigenvalue weighted by atomic mass is 10.2. The Labute approximate surface area is 139 Å². The van der Waals surface area contributed by atoms with E-state index >= 15 is 0 Å². The molecule has 1 aromatic carbocycles. The highest BCUT2D eigenvalue weighted by molar-refractivity contribution is 7.98. The predicted octanol–water partition coefficient (Wildman–Crippen LogP) is 2.49. The van der Waals surface area contributed by atoms with Gasteiger partial charge in [-0.15, -0.1) is 0 Å². The zero-order chi connectivity index (χ0) is 16.2. The lowest BCUT2D eigenvalue weighted by Crippen LogP contribution is -2.49. The lowest BCUT2D eigenvalue weighted by molar-refractivity contribution is 0.0639. The van der Waals surface area contributed by atoms with E-state index in [9.17, 15) is 9.18 Å². The SMILES string of the molecule is CSCCN1CCN(C(=O)c2ccc3cccc(F)c3n2)CC1. The van der Waals surface area contributed by atoms with Gasteiger partial charge in [-0.1, -0.05) is 18.2 Å². The van der Waals surface area contributed by atoms with E-state index in [0.29, 0.717) is 24.2 Å².